The predicted molar refractivity (Wildman–Crippen MR) is 80.0 cm³/mol. The normalized spacial score (nSPS) is 10.4. The smallest absolute Gasteiger partial charge is 0.139 e. The van der Waals surface area contributed by atoms with E-state index in [0.29, 0.717) is 22.4 Å². The van der Waals surface area contributed by atoms with Crippen molar-refractivity contribution in [3.05, 3.63) is 56.7 Å². The molecule has 0 bridgehead atoms. The highest BCUT2D eigenvalue weighted by Crippen LogP contribution is 2.27. The lowest BCUT2D eigenvalue weighted by molar-refractivity contribution is 0.622. The van der Waals surface area contributed by atoms with Gasteiger partial charge in [0, 0.05) is 17.1 Å². The number of nitrogens with one attached hydrogen (secondary N) is 1. The van der Waals surface area contributed by atoms with E-state index in [1.807, 2.05) is 24.3 Å². The van der Waals surface area contributed by atoms with Gasteiger partial charge in [0.1, 0.15) is 5.82 Å². The quantitative estimate of drug-likeness (QED) is 0.775. The number of nitrogen functional groups attached to an aromatic ring is 1. The molecule has 0 fully saturated rings. The van der Waals surface area contributed by atoms with E-state index in [2.05, 4.69) is 37.2 Å². The summed E-state index contributed by atoms with van der Waals surface area (Å²) in [6.45, 7) is 0.588. The molecule has 3 N–H and O–H groups in total. The molecular weight excluding hydrogens is 363 g/mol. The summed E-state index contributed by atoms with van der Waals surface area (Å²) in [7, 11) is 0. The summed E-state index contributed by atoms with van der Waals surface area (Å²) in [5, 5.41) is 3.12. The second-order valence-corrected chi connectivity index (χ2v) is 5.61. The average molecular weight is 374 g/mol. The molecule has 94 valence electrons. The molecule has 2 aromatic carbocycles. The molecule has 2 rings (SSSR count). The maximum atomic E-state index is 13.4. The minimum atomic E-state index is -0.332. The van der Waals surface area contributed by atoms with Crippen molar-refractivity contribution in [2.75, 3.05) is 11.1 Å². The third-order valence-corrected chi connectivity index (χ3v) is 3.57. The van der Waals surface area contributed by atoms with Crippen LogP contribution in [0, 0.1) is 5.82 Å². The molecule has 0 amide bonds. The van der Waals surface area contributed by atoms with E-state index in [-0.39, 0.29) is 5.82 Å². The highest BCUT2D eigenvalue weighted by Gasteiger charge is 2.05. The Labute approximate surface area is 122 Å². The molecule has 0 saturated heterocycles. The van der Waals surface area contributed by atoms with Crippen molar-refractivity contribution in [3.63, 3.8) is 0 Å². The van der Waals surface area contributed by atoms with Crippen LogP contribution in [0.25, 0.3) is 0 Å². The summed E-state index contributed by atoms with van der Waals surface area (Å²) in [4.78, 5) is 0. The van der Waals surface area contributed by atoms with Gasteiger partial charge < -0.3 is 11.1 Å². The topological polar surface area (TPSA) is 38.0 Å². The molecule has 0 heterocycles. The fourth-order valence-electron chi connectivity index (χ4n) is 1.56. The molecule has 2 nitrogen and oxygen atoms in total. The van der Waals surface area contributed by atoms with Crippen LogP contribution in [0.2, 0.25) is 0 Å². The first-order valence-corrected chi connectivity index (χ1v) is 6.87. The van der Waals surface area contributed by atoms with E-state index < -0.39 is 0 Å². The molecule has 0 aliphatic carbocycles. The van der Waals surface area contributed by atoms with Crippen molar-refractivity contribution in [2.45, 2.75) is 6.54 Å². The molecule has 0 atom stereocenters. The van der Waals surface area contributed by atoms with E-state index in [4.69, 9.17) is 5.73 Å². The lowest BCUT2D eigenvalue weighted by Crippen LogP contribution is -2.03. The molecule has 0 spiro atoms. The van der Waals surface area contributed by atoms with Crippen LogP contribution in [-0.4, -0.2) is 0 Å². The molecule has 18 heavy (non-hydrogen) atoms. The van der Waals surface area contributed by atoms with Crippen molar-refractivity contribution >= 4 is 43.2 Å². The Balaban J connectivity index is 2.13. The standard InChI is InChI=1S/C13H11Br2FN2/c14-9-3-1-2-8(4-9)7-18-13-6-11(16)10(15)5-12(13)17/h1-6,18H,7,17H2. The second-order valence-electron chi connectivity index (χ2n) is 3.84. The van der Waals surface area contributed by atoms with Crippen LogP contribution in [0.15, 0.2) is 45.3 Å². The van der Waals surface area contributed by atoms with Crippen molar-refractivity contribution in [1.29, 1.82) is 0 Å². The third-order valence-electron chi connectivity index (χ3n) is 2.46. The Kier molecular flexibility index (Phi) is 4.24. The predicted octanol–water partition coefficient (Wildman–Crippen LogP) is 4.55. The summed E-state index contributed by atoms with van der Waals surface area (Å²) in [6, 6.07) is 10.8. The molecule has 0 radical (unpaired) electrons. The van der Waals surface area contributed by atoms with Crippen LogP contribution in [0.3, 0.4) is 0 Å². The van der Waals surface area contributed by atoms with E-state index in [1.54, 1.807) is 6.07 Å². The van der Waals surface area contributed by atoms with Crippen LogP contribution >= 0.6 is 31.9 Å². The van der Waals surface area contributed by atoms with Crippen molar-refractivity contribution in [1.82, 2.24) is 0 Å². The zero-order chi connectivity index (χ0) is 13.1. The van der Waals surface area contributed by atoms with E-state index in [9.17, 15) is 4.39 Å². The van der Waals surface area contributed by atoms with Crippen LogP contribution in [0.5, 0.6) is 0 Å². The molecule has 0 aromatic heterocycles. The fraction of sp³-hybridized carbons (Fsp3) is 0.0769. The third kappa shape index (κ3) is 3.23. The number of hydrogen-bond acceptors (Lipinski definition) is 2. The van der Waals surface area contributed by atoms with Gasteiger partial charge in [-0.15, -0.1) is 0 Å². The highest BCUT2D eigenvalue weighted by atomic mass is 79.9. The number of rotatable bonds is 3. The van der Waals surface area contributed by atoms with Gasteiger partial charge in [0.05, 0.1) is 15.8 Å². The second kappa shape index (κ2) is 5.71. The van der Waals surface area contributed by atoms with Gasteiger partial charge >= 0.3 is 0 Å². The van der Waals surface area contributed by atoms with Gasteiger partial charge in [0.15, 0.2) is 0 Å². The molecule has 0 saturated carbocycles. The van der Waals surface area contributed by atoms with Crippen LogP contribution in [0.1, 0.15) is 5.56 Å². The highest BCUT2D eigenvalue weighted by molar-refractivity contribution is 9.10. The Morgan fingerprint density at radius 1 is 1.17 bits per heavy atom. The number of halogens is 3. The van der Waals surface area contributed by atoms with Crippen LogP contribution < -0.4 is 11.1 Å². The average Bonchev–Trinajstić information content (AvgIpc) is 2.32. The maximum absolute atomic E-state index is 13.4. The summed E-state index contributed by atoms with van der Waals surface area (Å²) in [6.07, 6.45) is 0. The Bertz CT molecular complexity index is 573. The van der Waals surface area contributed by atoms with Crippen molar-refractivity contribution in [3.8, 4) is 0 Å². The zero-order valence-electron chi connectivity index (χ0n) is 9.38. The summed E-state index contributed by atoms with van der Waals surface area (Å²) in [5.74, 6) is -0.332. The minimum Gasteiger partial charge on any atom is -0.397 e. The van der Waals surface area contributed by atoms with Gasteiger partial charge in [-0.1, -0.05) is 28.1 Å². The van der Waals surface area contributed by atoms with Crippen molar-refractivity contribution in [2.24, 2.45) is 0 Å². The van der Waals surface area contributed by atoms with E-state index in [0.717, 1.165) is 10.0 Å². The Hall–Kier alpha value is -1.07. The van der Waals surface area contributed by atoms with Gasteiger partial charge in [-0.25, -0.2) is 4.39 Å². The lowest BCUT2D eigenvalue weighted by atomic mass is 10.2. The number of nitrogens with two attached hydrogens (primary N) is 1. The largest absolute Gasteiger partial charge is 0.397 e. The fourth-order valence-corrected chi connectivity index (χ4v) is 2.37. The SMILES string of the molecule is Nc1cc(Br)c(F)cc1NCc1cccc(Br)c1. The zero-order valence-corrected chi connectivity index (χ0v) is 12.6. The Morgan fingerprint density at radius 3 is 2.67 bits per heavy atom. The van der Waals surface area contributed by atoms with E-state index in [1.165, 1.54) is 6.07 Å². The molecule has 0 aliphatic heterocycles. The molecule has 0 unspecified atom stereocenters. The van der Waals surface area contributed by atoms with Gasteiger partial charge in [0.2, 0.25) is 0 Å². The number of benzene rings is 2. The molecule has 5 heteroatoms. The van der Waals surface area contributed by atoms with Gasteiger partial charge in [-0.05, 0) is 39.7 Å². The molecule has 2 aromatic rings. The van der Waals surface area contributed by atoms with Crippen LogP contribution in [-0.2, 0) is 6.54 Å². The maximum Gasteiger partial charge on any atom is 0.139 e. The van der Waals surface area contributed by atoms with Crippen molar-refractivity contribution < 1.29 is 4.39 Å². The monoisotopic (exact) mass is 372 g/mol. The van der Waals surface area contributed by atoms with E-state index >= 15 is 0 Å². The summed E-state index contributed by atoms with van der Waals surface area (Å²) < 4.78 is 14.8. The number of hydrogen-bond donors (Lipinski definition) is 2. The first kappa shape index (κ1) is 13.4. The first-order chi connectivity index (χ1) is 8.56. The molecular formula is C13H11Br2FN2. The number of anilines is 2. The lowest BCUT2D eigenvalue weighted by Gasteiger charge is -2.10. The van der Waals surface area contributed by atoms with Gasteiger partial charge in [-0.3, -0.25) is 0 Å². The minimum absolute atomic E-state index is 0.332. The van der Waals surface area contributed by atoms with Gasteiger partial charge in [0.25, 0.3) is 0 Å². The Morgan fingerprint density at radius 2 is 1.94 bits per heavy atom. The summed E-state index contributed by atoms with van der Waals surface area (Å²) in [5.41, 5.74) is 8.01. The van der Waals surface area contributed by atoms with Gasteiger partial charge in [-0.2, -0.15) is 0 Å². The molecule has 0 aliphatic rings. The summed E-state index contributed by atoms with van der Waals surface area (Å²) >= 11 is 6.50. The van der Waals surface area contributed by atoms with Crippen LogP contribution in [0.4, 0.5) is 15.8 Å². The first-order valence-electron chi connectivity index (χ1n) is 5.29.